The van der Waals surface area contributed by atoms with Gasteiger partial charge < -0.3 is 19.3 Å². The topological polar surface area (TPSA) is 57.6 Å². The van der Waals surface area contributed by atoms with E-state index in [2.05, 4.69) is 40.5 Å². The zero-order valence-electron chi connectivity index (χ0n) is 18.7. The third kappa shape index (κ3) is 6.93. The molecule has 3 aliphatic heterocycles. The van der Waals surface area contributed by atoms with Crippen LogP contribution >= 0.6 is 0 Å². The summed E-state index contributed by atoms with van der Waals surface area (Å²) in [5.74, 6) is 0.799. The van der Waals surface area contributed by atoms with Gasteiger partial charge in [-0.05, 0) is 51.9 Å². The van der Waals surface area contributed by atoms with Crippen LogP contribution in [0.4, 0.5) is 4.79 Å². The first-order chi connectivity index (χ1) is 13.9. The molecular weight excluding hydrogens is 368 g/mol. The smallest absolute Gasteiger partial charge is 0.435 e. The van der Waals surface area contributed by atoms with Crippen molar-refractivity contribution >= 4 is 11.9 Å². The molecule has 166 valence electrons. The number of hydrogen-bond acceptors (Lipinski definition) is 5. The highest BCUT2D eigenvalue weighted by molar-refractivity contribution is 5.95. The van der Waals surface area contributed by atoms with Crippen LogP contribution in [0.5, 0.6) is 0 Å². The van der Waals surface area contributed by atoms with Crippen LogP contribution in [-0.2, 0) is 9.47 Å². The lowest BCUT2D eigenvalue weighted by molar-refractivity contribution is 0.0639. The van der Waals surface area contributed by atoms with Gasteiger partial charge in [-0.3, -0.25) is 4.90 Å². The number of morpholine rings is 1. The summed E-state index contributed by atoms with van der Waals surface area (Å²) in [5, 5.41) is 0. The lowest BCUT2D eigenvalue weighted by atomic mass is 9.93. The van der Waals surface area contributed by atoms with Gasteiger partial charge in [0, 0.05) is 31.1 Å². The molecule has 0 aliphatic carbocycles. The fourth-order valence-corrected chi connectivity index (χ4v) is 4.66. The molecule has 7 heteroatoms. The van der Waals surface area contributed by atoms with Crippen molar-refractivity contribution in [1.82, 2.24) is 14.7 Å². The summed E-state index contributed by atoms with van der Waals surface area (Å²) in [5.41, 5.74) is -0.202. The van der Waals surface area contributed by atoms with Gasteiger partial charge in [0.2, 0.25) is 0 Å². The van der Waals surface area contributed by atoms with Crippen LogP contribution < -0.4 is 0 Å². The summed E-state index contributed by atoms with van der Waals surface area (Å²) in [6, 6.07) is 0.751. The number of carbonyl (C=O) groups excluding carboxylic acids is 1. The standard InChI is InChI=1S/C22H40N4O3/c1-22(2,3)20(26-14-16-28-17-15-26)23-21(27)29-18-13-24-11-7-19(8-12-24)25-9-5-4-6-10-25/h19H,4-18H2,1-3H3. The van der Waals surface area contributed by atoms with Gasteiger partial charge in [-0.2, -0.15) is 4.99 Å². The van der Waals surface area contributed by atoms with E-state index in [1.807, 2.05) is 0 Å². The van der Waals surface area contributed by atoms with E-state index in [1.165, 1.54) is 45.2 Å². The first-order valence-electron chi connectivity index (χ1n) is 11.5. The summed E-state index contributed by atoms with van der Waals surface area (Å²) in [4.78, 5) is 23.9. The molecule has 3 rings (SSSR count). The van der Waals surface area contributed by atoms with E-state index in [-0.39, 0.29) is 5.41 Å². The minimum atomic E-state index is -0.468. The highest BCUT2D eigenvalue weighted by Gasteiger charge is 2.28. The second-order valence-electron chi connectivity index (χ2n) is 9.57. The third-order valence-electron chi connectivity index (χ3n) is 6.28. The number of rotatable bonds is 4. The van der Waals surface area contributed by atoms with Gasteiger partial charge in [0.1, 0.15) is 12.4 Å². The molecule has 3 fully saturated rings. The average molecular weight is 409 g/mol. The molecule has 3 heterocycles. The minimum absolute atomic E-state index is 0.202. The molecule has 0 atom stereocenters. The monoisotopic (exact) mass is 408 g/mol. The van der Waals surface area contributed by atoms with Crippen molar-refractivity contribution in [2.75, 3.05) is 65.6 Å². The van der Waals surface area contributed by atoms with E-state index in [4.69, 9.17) is 9.47 Å². The van der Waals surface area contributed by atoms with Crippen molar-refractivity contribution in [3.05, 3.63) is 0 Å². The fourth-order valence-electron chi connectivity index (χ4n) is 4.66. The first kappa shape index (κ1) is 22.5. The van der Waals surface area contributed by atoms with Crippen LogP contribution in [0.3, 0.4) is 0 Å². The second-order valence-corrected chi connectivity index (χ2v) is 9.57. The average Bonchev–Trinajstić information content (AvgIpc) is 2.73. The molecule has 0 aromatic carbocycles. The van der Waals surface area contributed by atoms with Gasteiger partial charge in [-0.15, -0.1) is 0 Å². The molecule has 7 nitrogen and oxygen atoms in total. The Hall–Kier alpha value is -1.18. The number of ether oxygens (including phenoxy) is 2. The van der Waals surface area contributed by atoms with E-state index in [0.717, 1.165) is 44.6 Å². The van der Waals surface area contributed by atoms with Crippen molar-refractivity contribution in [1.29, 1.82) is 0 Å². The predicted octanol–water partition coefficient (Wildman–Crippen LogP) is 2.85. The van der Waals surface area contributed by atoms with Gasteiger partial charge in [-0.25, -0.2) is 4.79 Å². The van der Waals surface area contributed by atoms with Crippen LogP contribution in [-0.4, -0.2) is 98.3 Å². The molecule has 1 amide bonds. The van der Waals surface area contributed by atoms with Gasteiger partial charge >= 0.3 is 6.09 Å². The number of hydrogen-bond donors (Lipinski definition) is 0. The summed E-state index contributed by atoms with van der Waals surface area (Å²) in [6.07, 6.45) is 6.11. The molecule has 0 unspecified atom stereocenters. The van der Waals surface area contributed by atoms with Gasteiger partial charge in [0.25, 0.3) is 0 Å². The van der Waals surface area contributed by atoms with Crippen molar-refractivity contribution in [2.45, 2.75) is 58.9 Å². The zero-order valence-corrected chi connectivity index (χ0v) is 18.7. The number of amides is 1. The number of amidine groups is 1. The van der Waals surface area contributed by atoms with Crippen LogP contribution in [0.2, 0.25) is 0 Å². The summed E-state index contributed by atoms with van der Waals surface area (Å²) in [6.45, 7) is 15.1. The quantitative estimate of drug-likeness (QED) is 0.527. The molecule has 0 N–H and O–H groups in total. The second kappa shape index (κ2) is 10.7. The minimum Gasteiger partial charge on any atom is -0.447 e. The van der Waals surface area contributed by atoms with Crippen molar-refractivity contribution in [3.8, 4) is 0 Å². The third-order valence-corrected chi connectivity index (χ3v) is 6.28. The maximum atomic E-state index is 12.4. The summed E-state index contributed by atoms with van der Waals surface area (Å²) < 4.78 is 10.9. The van der Waals surface area contributed by atoms with E-state index in [9.17, 15) is 4.79 Å². The van der Waals surface area contributed by atoms with E-state index in [0.29, 0.717) is 19.8 Å². The number of aliphatic imine (C=N–C) groups is 1. The Kier molecular flexibility index (Phi) is 8.33. The summed E-state index contributed by atoms with van der Waals surface area (Å²) in [7, 11) is 0. The molecule has 0 spiro atoms. The van der Waals surface area contributed by atoms with Crippen molar-refractivity contribution in [2.24, 2.45) is 10.4 Å². The summed E-state index contributed by atoms with van der Waals surface area (Å²) >= 11 is 0. The van der Waals surface area contributed by atoms with Crippen LogP contribution in [0.25, 0.3) is 0 Å². The number of piperidine rings is 2. The Morgan fingerprint density at radius 3 is 2.28 bits per heavy atom. The molecule has 3 saturated heterocycles. The number of carbonyl (C=O) groups is 1. The van der Waals surface area contributed by atoms with E-state index in [1.54, 1.807) is 0 Å². The van der Waals surface area contributed by atoms with Crippen LogP contribution in [0, 0.1) is 5.41 Å². The van der Waals surface area contributed by atoms with E-state index >= 15 is 0 Å². The Morgan fingerprint density at radius 1 is 1.00 bits per heavy atom. The highest BCUT2D eigenvalue weighted by atomic mass is 16.5. The fraction of sp³-hybridized carbons (Fsp3) is 0.909. The van der Waals surface area contributed by atoms with Gasteiger partial charge in [0.05, 0.1) is 13.2 Å². The Bertz CT molecular complexity index is 541. The van der Waals surface area contributed by atoms with E-state index < -0.39 is 6.09 Å². The zero-order chi connectivity index (χ0) is 20.7. The highest BCUT2D eigenvalue weighted by Crippen LogP contribution is 2.22. The van der Waals surface area contributed by atoms with Crippen molar-refractivity contribution in [3.63, 3.8) is 0 Å². The molecule has 0 bridgehead atoms. The molecule has 0 saturated carbocycles. The lowest BCUT2D eigenvalue weighted by Gasteiger charge is -2.40. The first-order valence-corrected chi connectivity index (χ1v) is 11.5. The van der Waals surface area contributed by atoms with Crippen LogP contribution in [0.1, 0.15) is 52.9 Å². The molecule has 29 heavy (non-hydrogen) atoms. The Morgan fingerprint density at radius 2 is 1.66 bits per heavy atom. The Balaban J connectivity index is 1.40. The van der Waals surface area contributed by atoms with Gasteiger partial charge in [-0.1, -0.05) is 27.2 Å². The lowest BCUT2D eigenvalue weighted by Crippen LogP contribution is -2.47. The maximum absolute atomic E-state index is 12.4. The SMILES string of the molecule is CC(C)(C)C(=NC(=O)OCCN1CCC(N2CCCCC2)CC1)N1CCOCC1. The molecule has 0 radical (unpaired) electrons. The Labute approximate surface area is 176 Å². The van der Waals surface area contributed by atoms with Crippen LogP contribution in [0.15, 0.2) is 4.99 Å². The number of nitrogens with zero attached hydrogens (tertiary/aromatic N) is 4. The molecule has 0 aromatic heterocycles. The molecular formula is C22H40N4O3. The maximum Gasteiger partial charge on any atom is 0.435 e. The largest absolute Gasteiger partial charge is 0.447 e. The predicted molar refractivity (Wildman–Crippen MR) is 116 cm³/mol. The van der Waals surface area contributed by atoms with Crippen molar-refractivity contribution < 1.29 is 14.3 Å². The number of likely N-dealkylation sites (tertiary alicyclic amines) is 2. The van der Waals surface area contributed by atoms with Gasteiger partial charge in [0.15, 0.2) is 0 Å². The molecule has 3 aliphatic rings. The molecule has 0 aromatic rings. The normalized spacial score (nSPS) is 24.0.